The van der Waals surface area contributed by atoms with Crippen LogP contribution in [0.15, 0.2) is 21.3 Å². The van der Waals surface area contributed by atoms with Gasteiger partial charge in [0.25, 0.3) is 0 Å². The first-order valence-electron chi connectivity index (χ1n) is 10.7. The Morgan fingerprint density at radius 2 is 1.93 bits per heavy atom. The number of aliphatic imine (C=N–C) groups is 2. The van der Waals surface area contributed by atoms with Crippen LogP contribution in [0.3, 0.4) is 0 Å². The molecule has 1 aliphatic heterocycles. The quantitative estimate of drug-likeness (QED) is 0.331. The molecule has 1 amide bonds. The largest absolute Gasteiger partial charge is 0.379 e. The smallest absolute Gasteiger partial charge is 0.249 e. The molecule has 1 rings (SSSR count). The molecule has 0 radical (unpaired) electrons. The van der Waals surface area contributed by atoms with E-state index < -0.39 is 0 Å². The van der Waals surface area contributed by atoms with Crippen molar-refractivity contribution in [3.8, 4) is 0 Å². The molecule has 1 heterocycles. The van der Waals surface area contributed by atoms with Gasteiger partial charge in [0, 0.05) is 44.2 Å². The van der Waals surface area contributed by atoms with E-state index in [9.17, 15) is 4.79 Å². The Hall–Kier alpha value is -1.73. The molecule has 1 unspecified atom stereocenters. The minimum atomic E-state index is -0.197. The van der Waals surface area contributed by atoms with Crippen molar-refractivity contribution in [2.45, 2.75) is 48.0 Å². The normalized spacial score (nSPS) is 18.5. The van der Waals surface area contributed by atoms with Crippen molar-refractivity contribution in [3.05, 3.63) is 11.3 Å². The second kappa shape index (κ2) is 12.8. The number of carbonyl (C=O) groups excluding carboxylic acids is 1. The van der Waals surface area contributed by atoms with Crippen LogP contribution in [0.25, 0.3) is 0 Å². The molecule has 0 aromatic carbocycles. The lowest BCUT2D eigenvalue weighted by Crippen LogP contribution is -2.38. The number of hydrogen-bond donors (Lipinski definition) is 2. The molecule has 0 saturated carbocycles. The van der Waals surface area contributed by atoms with Gasteiger partial charge >= 0.3 is 0 Å². The minimum absolute atomic E-state index is 0.0695. The molecule has 1 aliphatic rings. The predicted octanol–water partition coefficient (Wildman–Crippen LogP) is 2.49. The van der Waals surface area contributed by atoms with E-state index in [4.69, 9.17) is 4.74 Å². The van der Waals surface area contributed by atoms with Crippen molar-refractivity contribution in [1.82, 2.24) is 15.5 Å². The van der Waals surface area contributed by atoms with E-state index in [1.807, 2.05) is 6.92 Å². The first-order chi connectivity index (χ1) is 13.7. The van der Waals surface area contributed by atoms with Crippen LogP contribution in [0, 0.1) is 11.3 Å². The Bertz CT molecular complexity index is 599. The first kappa shape index (κ1) is 25.3. The van der Waals surface area contributed by atoms with Crippen molar-refractivity contribution in [3.63, 3.8) is 0 Å². The highest BCUT2D eigenvalue weighted by atomic mass is 16.5. The summed E-state index contributed by atoms with van der Waals surface area (Å²) in [4.78, 5) is 24.0. The molecule has 166 valence electrons. The van der Waals surface area contributed by atoms with Crippen molar-refractivity contribution in [2.75, 3.05) is 53.0 Å². The summed E-state index contributed by atoms with van der Waals surface area (Å²) in [6.07, 6.45) is 2.73. The van der Waals surface area contributed by atoms with Gasteiger partial charge in [-0.05, 0) is 12.8 Å². The number of ether oxygens (including phenoxy) is 1. The molecular formula is C22H41N5O2. The average Bonchev–Trinajstić information content (AvgIpc) is 2.69. The van der Waals surface area contributed by atoms with Crippen molar-refractivity contribution >= 4 is 18.0 Å². The maximum Gasteiger partial charge on any atom is 0.249 e. The highest BCUT2D eigenvalue weighted by Gasteiger charge is 2.25. The molecule has 0 aromatic heterocycles. The SMILES string of the molecule is CCC(C)CNC(=O)/C(C)=C(\NC=NCCN1CCOCC1)C(=NC)C(C)(C)C. The summed E-state index contributed by atoms with van der Waals surface area (Å²) in [6, 6.07) is 0. The van der Waals surface area contributed by atoms with E-state index in [0.717, 1.165) is 50.7 Å². The summed E-state index contributed by atoms with van der Waals surface area (Å²) in [5.41, 5.74) is 2.02. The molecule has 0 spiro atoms. The molecule has 1 saturated heterocycles. The fraction of sp³-hybridized carbons (Fsp3) is 0.773. The molecule has 2 N–H and O–H groups in total. The van der Waals surface area contributed by atoms with Gasteiger partial charge in [-0.25, -0.2) is 0 Å². The standard InChI is InChI=1S/C22H41N5O2/c1-8-17(2)15-25-21(28)18(3)19(20(23-7)22(4,5)6)26-16-24-9-10-27-11-13-29-14-12-27/h16-17H,8-15H2,1-7H3,(H,24,26)(H,25,28)/b19-18-,23-20?. The number of rotatable bonds is 10. The highest BCUT2D eigenvalue weighted by molar-refractivity contribution is 6.10. The Balaban J connectivity index is 2.84. The number of amides is 1. The lowest BCUT2D eigenvalue weighted by atomic mass is 9.86. The molecule has 0 bridgehead atoms. The van der Waals surface area contributed by atoms with Crippen LogP contribution in [0.1, 0.15) is 48.0 Å². The maximum atomic E-state index is 12.7. The van der Waals surface area contributed by atoms with Crippen LogP contribution in [-0.2, 0) is 9.53 Å². The number of carbonyl (C=O) groups is 1. The number of nitrogens with one attached hydrogen (secondary N) is 2. The number of hydrogen-bond acceptors (Lipinski definition) is 5. The zero-order valence-electron chi connectivity index (χ0n) is 19.5. The van der Waals surface area contributed by atoms with Gasteiger partial charge in [-0.2, -0.15) is 0 Å². The summed E-state index contributed by atoms with van der Waals surface area (Å²) in [7, 11) is 1.77. The summed E-state index contributed by atoms with van der Waals surface area (Å²) in [5, 5.41) is 6.28. The van der Waals surface area contributed by atoms with E-state index in [2.05, 4.69) is 60.1 Å². The summed E-state index contributed by atoms with van der Waals surface area (Å²) >= 11 is 0. The van der Waals surface area contributed by atoms with Gasteiger partial charge in [-0.15, -0.1) is 0 Å². The van der Waals surface area contributed by atoms with Gasteiger partial charge in [0.2, 0.25) is 5.91 Å². The Kier molecular flexibility index (Phi) is 11.1. The molecule has 7 nitrogen and oxygen atoms in total. The topological polar surface area (TPSA) is 78.3 Å². The number of allylic oxidation sites excluding steroid dienone is 1. The van der Waals surface area contributed by atoms with Gasteiger partial charge in [0.15, 0.2) is 0 Å². The van der Waals surface area contributed by atoms with Crippen LogP contribution in [0.2, 0.25) is 0 Å². The van der Waals surface area contributed by atoms with Gasteiger partial charge in [0.05, 0.1) is 37.5 Å². The zero-order valence-corrected chi connectivity index (χ0v) is 19.5. The first-order valence-corrected chi connectivity index (χ1v) is 10.7. The van der Waals surface area contributed by atoms with Crippen LogP contribution < -0.4 is 10.6 Å². The van der Waals surface area contributed by atoms with E-state index in [1.165, 1.54) is 0 Å². The Labute approximate surface area is 177 Å². The van der Waals surface area contributed by atoms with Crippen molar-refractivity contribution in [1.29, 1.82) is 0 Å². The lowest BCUT2D eigenvalue weighted by molar-refractivity contribution is -0.117. The molecule has 1 fully saturated rings. The van der Waals surface area contributed by atoms with Gasteiger partial charge in [-0.3, -0.25) is 19.7 Å². The summed E-state index contributed by atoms with van der Waals surface area (Å²) in [6.45, 7) is 18.2. The van der Waals surface area contributed by atoms with Crippen LogP contribution >= 0.6 is 0 Å². The van der Waals surface area contributed by atoms with Gasteiger partial charge in [0.1, 0.15) is 0 Å². The zero-order chi connectivity index (χ0) is 21.9. The summed E-state index contributed by atoms with van der Waals surface area (Å²) in [5.74, 6) is 0.381. The number of nitrogens with zero attached hydrogens (tertiary/aromatic N) is 3. The minimum Gasteiger partial charge on any atom is -0.379 e. The van der Waals surface area contributed by atoms with Crippen LogP contribution in [-0.4, -0.2) is 75.8 Å². The second-order valence-electron chi connectivity index (χ2n) is 8.68. The van der Waals surface area contributed by atoms with Crippen molar-refractivity contribution in [2.24, 2.45) is 21.3 Å². The van der Waals surface area contributed by atoms with E-state index in [1.54, 1.807) is 13.4 Å². The lowest BCUT2D eigenvalue weighted by Gasteiger charge is -2.26. The third-order valence-corrected chi connectivity index (χ3v) is 5.14. The number of morpholine rings is 1. The van der Waals surface area contributed by atoms with Crippen LogP contribution in [0.5, 0.6) is 0 Å². The molecular weight excluding hydrogens is 366 g/mol. The molecule has 1 atom stereocenters. The van der Waals surface area contributed by atoms with E-state index in [-0.39, 0.29) is 11.3 Å². The third-order valence-electron chi connectivity index (χ3n) is 5.14. The van der Waals surface area contributed by atoms with E-state index >= 15 is 0 Å². The molecule has 0 aliphatic carbocycles. The third kappa shape index (κ3) is 9.09. The Morgan fingerprint density at radius 1 is 1.28 bits per heavy atom. The van der Waals surface area contributed by atoms with Gasteiger partial charge in [-0.1, -0.05) is 41.0 Å². The fourth-order valence-electron chi connectivity index (χ4n) is 3.03. The highest BCUT2D eigenvalue weighted by Crippen LogP contribution is 2.22. The van der Waals surface area contributed by atoms with Gasteiger partial charge < -0.3 is 15.4 Å². The predicted molar refractivity (Wildman–Crippen MR) is 122 cm³/mol. The fourth-order valence-corrected chi connectivity index (χ4v) is 3.03. The van der Waals surface area contributed by atoms with Crippen LogP contribution in [0.4, 0.5) is 0 Å². The molecule has 7 heteroatoms. The van der Waals surface area contributed by atoms with E-state index in [0.29, 0.717) is 24.6 Å². The molecule has 29 heavy (non-hydrogen) atoms. The summed E-state index contributed by atoms with van der Waals surface area (Å²) < 4.78 is 5.37. The maximum absolute atomic E-state index is 12.7. The Morgan fingerprint density at radius 3 is 2.48 bits per heavy atom. The average molecular weight is 408 g/mol. The second-order valence-corrected chi connectivity index (χ2v) is 8.68. The monoisotopic (exact) mass is 407 g/mol. The molecule has 0 aromatic rings. The van der Waals surface area contributed by atoms with Crippen molar-refractivity contribution < 1.29 is 9.53 Å².